The van der Waals surface area contributed by atoms with Gasteiger partial charge in [0.15, 0.2) is 0 Å². The number of amides is 3. The van der Waals surface area contributed by atoms with Crippen molar-refractivity contribution >= 4 is 23.4 Å². The fourth-order valence-corrected chi connectivity index (χ4v) is 5.48. The minimum absolute atomic E-state index is 0.0863. The zero-order chi connectivity index (χ0) is 21.2. The summed E-state index contributed by atoms with van der Waals surface area (Å²) in [5, 5.41) is 9.33. The van der Waals surface area contributed by atoms with Crippen LogP contribution < -0.4 is 16.4 Å². The largest absolute Gasteiger partial charge is 0.366 e. The normalized spacial score (nSPS) is 32.8. The molecule has 1 saturated carbocycles. The summed E-state index contributed by atoms with van der Waals surface area (Å²) in [5.74, 6) is -0.425. The SMILES string of the molecule is N#C[C@@H]1C[C@@H]2C[C@@H]2N1C(=O)[C@@H](N)CN1CC2C[C@@H]1C(=O)N2c1ccccc1C(N)=O. The van der Waals surface area contributed by atoms with Gasteiger partial charge in [0.25, 0.3) is 5.91 Å². The lowest BCUT2D eigenvalue weighted by Gasteiger charge is -2.36. The summed E-state index contributed by atoms with van der Waals surface area (Å²) < 4.78 is 0. The van der Waals surface area contributed by atoms with Gasteiger partial charge in [-0.25, -0.2) is 0 Å². The van der Waals surface area contributed by atoms with Gasteiger partial charge in [-0.05, 0) is 37.3 Å². The lowest BCUT2D eigenvalue weighted by atomic mass is 10.1. The molecule has 5 rings (SSSR count). The molecule has 9 nitrogen and oxygen atoms in total. The molecule has 0 spiro atoms. The molecule has 1 aromatic carbocycles. The van der Waals surface area contributed by atoms with Gasteiger partial charge in [0.1, 0.15) is 6.04 Å². The minimum atomic E-state index is -0.765. The summed E-state index contributed by atoms with van der Waals surface area (Å²) in [7, 11) is 0. The van der Waals surface area contributed by atoms with Crippen molar-refractivity contribution in [2.45, 2.75) is 49.5 Å². The summed E-state index contributed by atoms with van der Waals surface area (Å²) >= 11 is 0. The second kappa shape index (κ2) is 6.79. The topological polar surface area (TPSA) is 137 Å². The number of hydrogen-bond acceptors (Lipinski definition) is 6. The van der Waals surface area contributed by atoms with E-state index in [-0.39, 0.29) is 42.5 Å². The predicted octanol–water partition coefficient (Wildman–Crippen LogP) is -0.585. The van der Waals surface area contributed by atoms with E-state index in [0.29, 0.717) is 30.1 Å². The van der Waals surface area contributed by atoms with Crippen molar-refractivity contribution in [1.82, 2.24) is 9.80 Å². The maximum absolute atomic E-state index is 13.1. The molecular weight excluding hydrogens is 384 g/mol. The van der Waals surface area contributed by atoms with E-state index in [1.807, 2.05) is 4.90 Å². The number of para-hydroxylation sites is 1. The maximum atomic E-state index is 13.1. The van der Waals surface area contributed by atoms with Crippen LogP contribution in [0.25, 0.3) is 0 Å². The first-order valence-electron chi connectivity index (χ1n) is 10.3. The van der Waals surface area contributed by atoms with Crippen LogP contribution in [0, 0.1) is 17.2 Å². The summed E-state index contributed by atoms with van der Waals surface area (Å²) in [6, 6.07) is 7.62. The van der Waals surface area contributed by atoms with Crippen molar-refractivity contribution in [3.63, 3.8) is 0 Å². The van der Waals surface area contributed by atoms with Crippen molar-refractivity contribution in [2.75, 3.05) is 18.0 Å². The molecule has 4 N–H and O–H groups in total. The number of carbonyl (C=O) groups is 3. The molecule has 1 unspecified atom stereocenters. The Morgan fingerprint density at radius 3 is 2.70 bits per heavy atom. The molecule has 3 aliphatic heterocycles. The number of nitriles is 1. The molecular formula is C21H24N6O3. The number of nitrogens with zero attached hydrogens (tertiary/aromatic N) is 4. The number of benzene rings is 1. The number of anilines is 1. The number of primary amides is 1. The maximum Gasteiger partial charge on any atom is 0.250 e. The molecule has 0 radical (unpaired) electrons. The van der Waals surface area contributed by atoms with Crippen molar-refractivity contribution in [3.05, 3.63) is 29.8 Å². The quantitative estimate of drug-likeness (QED) is 0.668. The molecule has 2 bridgehead atoms. The summed E-state index contributed by atoms with van der Waals surface area (Å²) in [4.78, 5) is 43.0. The molecule has 4 aliphatic rings. The first-order valence-corrected chi connectivity index (χ1v) is 10.3. The zero-order valence-electron chi connectivity index (χ0n) is 16.5. The van der Waals surface area contributed by atoms with Gasteiger partial charge in [-0.15, -0.1) is 0 Å². The van der Waals surface area contributed by atoms with Gasteiger partial charge >= 0.3 is 0 Å². The Balaban J connectivity index is 1.28. The average molecular weight is 408 g/mol. The molecule has 3 saturated heterocycles. The predicted molar refractivity (Wildman–Crippen MR) is 107 cm³/mol. The van der Waals surface area contributed by atoms with Crippen LogP contribution in [0.2, 0.25) is 0 Å². The Kier molecular flexibility index (Phi) is 4.31. The van der Waals surface area contributed by atoms with E-state index in [2.05, 4.69) is 6.07 Å². The first kappa shape index (κ1) is 19.0. The number of hydrogen-bond donors (Lipinski definition) is 2. The molecule has 156 valence electrons. The lowest BCUT2D eigenvalue weighted by Crippen LogP contribution is -2.57. The van der Waals surface area contributed by atoms with E-state index in [1.165, 1.54) is 0 Å². The molecule has 30 heavy (non-hydrogen) atoms. The van der Waals surface area contributed by atoms with Gasteiger partial charge in [0.05, 0.1) is 35.4 Å². The summed E-state index contributed by atoms with van der Waals surface area (Å²) in [5.41, 5.74) is 12.6. The average Bonchev–Trinajstić information content (AvgIpc) is 3.07. The number of carbonyl (C=O) groups excluding carboxylic acids is 3. The number of nitrogens with two attached hydrogens (primary N) is 2. The molecule has 6 atom stereocenters. The highest BCUT2D eigenvalue weighted by Crippen LogP contribution is 2.47. The van der Waals surface area contributed by atoms with Crippen LogP contribution in [0.5, 0.6) is 0 Å². The minimum Gasteiger partial charge on any atom is -0.366 e. The third kappa shape index (κ3) is 2.79. The van der Waals surface area contributed by atoms with E-state index in [0.717, 1.165) is 12.8 Å². The van der Waals surface area contributed by atoms with Gasteiger partial charge in [-0.2, -0.15) is 5.26 Å². The molecule has 3 heterocycles. The first-order chi connectivity index (χ1) is 14.4. The Hall–Kier alpha value is -2.96. The number of fused-ring (bicyclic) bond motifs is 3. The second-order valence-electron chi connectivity index (χ2n) is 8.74. The molecule has 3 amide bonds. The Morgan fingerprint density at radius 2 is 2.00 bits per heavy atom. The summed E-state index contributed by atoms with van der Waals surface area (Å²) in [6.07, 6.45) is 2.32. The van der Waals surface area contributed by atoms with Crippen LogP contribution in [0.15, 0.2) is 24.3 Å². The van der Waals surface area contributed by atoms with Crippen LogP contribution in [0.3, 0.4) is 0 Å². The monoisotopic (exact) mass is 408 g/mol. The molecule has 9 heteroatoms. The highest BCUT2D eigenvalue weighted by molar-refractivity contribution is 6.07. The van der Waals surface area contributed by atoms with Gasteiger partial charge in [0, 0.05) is 19.1 Å². The lowest BCUT2D eigenvalue weighted by molar-refractivity contribution is -0.135. The molecule has 4 fully saturated rings. The van der Waals surface area contributed by atoms with Crippen molar-refractivity contribution < 1.29 is 14.4 Å². The Bertz CT molecular complexity index is 974. The van der Waals surface area contributed by atoms with E-state index in [1.54, 1.807) is 34.1 Å². The van der Waals surface area contributed by atoms with Crippen LogP contribution in [-0.4, -0.2) is 70.8 Å². The standard InChI is InChI=1S/C21H24N6O3/c22-8-12-5-11-6-17(11)26(12)20(29)15(23)10-25-9-13-7-18(25)21(30)27(13)16-4-2-1-3-14(16)19(24)28/h1-4,11-13,15,17-18H,5-7,9-10,23H2,(H2,24,28)/t11-,12+,13?,15+,17+,18-/m1/s1. The highest BCUT2D eigenvalue weighted by Gasteiger charge is 2.56. The van der Waals surface area contributed by atoms with Gasteiger partial charge in [-0.1, -0.05) is 12.1 Å². The number of piperazine rings is 1. The zero-order valence-corrected chi connectivity index (χ0v) is 16.5. The molecule has 0 aromatic heterocycles. The van der Waals surface area contributed by atoms with E-state index < -0.39 is 11.9 Å². The van der Waals surface area contributed by atoms with Crippen molar-refractivity contribution in [3.8, 4) is 6.07 Å². The number of likely N-dealkylation sites (tertiary alicyclic amines) is 2. The van der Waals surface area contributed by atoms with Crippen molar-refractivity contribution in [1.29, 1.82) is 5.26 Å². The van der Waals surface area contributed by atoms with Crippen LogP contribution in [-0.2, 0) is 9.59 Å². The molecule has 1 aromatic rings. The Labute approximate surface area is 174 Å². The van der Waals surface area contributed by atoms with E-state index in [4.69, 9.17) is 11.5 Å². The summed E-state index contributed by atoms with van der Waals surface area (Å²) in [6.45, 7) is 0.862. The van der Waals surface area contributed by atoms with Crippen LogP contribution >= 0.6 is 0 Å². The fourth-order valence-electron chi connectivity index (χ4n) is 5.48. The number of piperidine rings is 1. The third-order valence-electron chi connectivity index (χ3n) is 6.95. The smallest absolute Gasteiger partial charge is 0.250 e. The van der Waals surface area contributed by atoms with Gasteiger partial charge in [0.2, 0.25) is 11.8 Å². The number of rotatable bonds is 5. The van der Waals surface area contributed by atoms with Crippen molar-refractivity contribution in [2.24, 2.45) is 17.4 Å². The van der Waals surface area contributed by atoms with E-state index in [9.17, 15) is 19.6 Å². The Morgan fingerprint density at radius 1 is 1.23 bits per heavy atom. The fraction of sp³-hybridized carbons (Fsp3) is 0.524. The second-order valence-corrected chi connectivity index (χ2v) is 8.74. The molecule has 1 aliphatic carbocycles. The van der Waals surface area contributed by atoms with Crippen LogP contribution in [0.4, 0.5) is 5.69 Å². The van der Waals surface area contributed by atoms with Crippen LogP contribution in [0.1, 0.15) is 29.6 Å². The van der Waals surface area contributed by atoms with Gasteiger partial charge in [-0.3, -0.25) is 19.3 Å². The highest BCUT2D eigenvalue weighted by atomic mass is 16.2. The van der Waals surface area contributed by atoms with Gasteiger partial charge < -0.3 is 21.3 Å². The van der Waals surface area contributed by atoms with E-state index >= 15 is 0 Å². The third-order valence-corrected chi connectivity index (χ3v) is 6.95.